The van der Waals surface area contributed by atoms with Crippen LogP contribution in [0.15, 0.2) is 86.0 Å². The summed E-state index contributed by atoms with van der Waals surface area (Å²) in [5, 5.41) is 12.5. The number of allylic oxidation sites excluding steroid dienone is 2. The van der Waals surface area contributed by atoms with Crippen LogP contribution >= 0.6 is 0 Å². The van der Waals surface area contributed by atoms with Gasteiger partial charge in [-0.15, -0.1) is 13.2 Å². The highest BCUT2D eigenvalue weighted by atomic mass is 16.5. The predicted molar refractivity (Wildman–Crippen MR) is 149 cm³/mol. The van der Waals surface area contributed by atoms with Crippen LogP contribution in [-0.4, -0.2) is 53.6 Å². The molecule has 2 rings (SSSR count). The third kappa shape index (κ3) is 11.6. The number of nitrogens with zero attached hydrogens (tertiary/aromatic N) is 1. The monoisotopic (exact) mass is 520 g/mol. The van der Waals surface area contributed by atoms with Crippen molar-refractivity contribution in [3.8, 4) is 0 Å². The van der Waals surface area contributed by atoms with Crippen LogP contribution in [0.5, 0.6) is 0 Å². The second-order valence-electron chi connectivity index (χ2n) is 9.21. The van der Waals surface area contributed by atoms with E-state index in [0.29, 0.717) is 25.8 Å². The Morgan fingerprint density at radius 1 is 0.974 bits per heavy atom. The molecule has 0 aliphatic rings. The zero-order valence-corrected chi connectivity index (χ0v) is 22.1. The molecule has 2 aromatic carbocycles. The molecule has 0 saturated carbocycles. The Balaban J connectivity index is 2.07. The summed E-state index contributed by atoms with van der Waals surface area (Å²) in [4.78, 5) is 40.2. The van der Waals surface area contributed by atoms with E-state index in [4.69, 9.17) is 4.74 Å². The molecular weight excluding hydrogens is 480 g/mol. The van der Waals surface area contributed by atoms with Gasteiger partial charge in [0.1, 0.15) is 6.61 Å². The molecule has 0 saturated heterocycles. The van der Waals surface area contributed by atoms with Crippen molar-refractivity contribution in [2.75, 3.05) is 19.8 Å². The average Bonchev–Trinajstić information content (AvgIpc) is 2.92. The first-order valence-electron chi connectivity index (χ1n) is 13.1. The fourth-order valence-corrected chi connectivity index (χ4v) is 4.07. The Morgan fingerprint density at radius 3 is 2.24 bits per heavy atom. The fourth-order valence-electron chi connectivity index (χ4n) is 4.07. The fraction of sp³-hybridized carbons (Fsp3) is 0.387. The van der Waals surface area contributed by atoms with Crippen molar-refractivity contribution < 1.29 is 24.2 Å². The summed E-state index contributed by atoms with van der Waals surface area (Å²) < 4.78 is 5.47. The molecule has 204 valence electrons. The lowest BCUT2D eigenvalue weighted by atomic mass is 9.98. The number of unbranched alkanes of at least 4 members (excludes halogenated alkanes) is 1. The molecule has 7 heteroatoms. The van der Waals surface area contributed by atoms with Gasteiger partial charge in [-0.05, 0) is 36.8 Å². The van der Waals surface area contributed by atoms with Gasteiger partial charge in [-0.25, -0.2) is 0 Å². The Labute approximate surface area is 226 Å². The summed E-state index contributed by atoms with van der Waals surface area (Å²) in [7, 11) is 0. The summed E-state index contributed by atoms with van der Waals surface area (Å²) >= 11 is 0. The van der Waals surface area contributed by atoms with Crippen LogP contribution in [0.4, 0.5) is 0 Å². The summed E-state index contributed by atoms with van der Waals surface area (Å²) in [6.07, 6.45) is 5.83. The number of benzene rings is 2. The first-order chi connectivity index (χ1) is 18.5. The molecule has 0 spiro atoms. The van der Waals surface area contributed by atoms with E-state index in [1.165, 1.54) is 0 Å². The molecule has 2 atom stereocenters. The van der Waals surface area contributed by atoms with Crippen LogP contribution in [0.2, 0.25) is 0 Å². The minimum Gasteiger partial charge on any atom is -0.463 e. The van der Waals surface area contributed by atoms with Gasteiger partial charge in [0.25, 0.3) is 0 Å². The van der Waals surface area contributed by atoms with Gasteiger partial charge < -0.3 is 20.1 Å². The molecule has 38 heavy (non-hydrogen) atoms. The first-order valence-corrected chi connectivity index (χ1v) is 13.1. The van der Waals surface area contributed by atoms with E-state index in [-0.39, 0.29) is 50.4 Å². The number of ether oxygens (including phenoxy) is 1. The van der Waals surface area contributed by atoms with Crippen LogP contribution in [-0.2, 0) is 32.1 Å². The van der Waals surface area contributed by atoms with Gasteiger partial charge in [-0.1, -0.05) is 72.8 Å². The van der Waals surface area contributed by atoms with E-state index in [9.17, 15) is 19.5 Å². The smallest absolute Gasteiger partial charge is 0.305 e. The second kappa shape index (κ2) is 17.7. The molecule has 2 amide bonds. The van der Waals surface area contributed by atoms with E-state index < -0.39 is 12.0 Å². The third-order valence-corrected chi connectivity index (χ3v) is 6.09. The van der Waals surface area contributed by atoms with E-state index in [2.05, 4.69) is 18.5 Å². The maximum atomic E-state index is 13.3. The topological polar surface area (TPSA) is 95.9 Å². The Kier molecular flexibility index (Phi) is 14.2. The largest absolute Gasteiger partial charge is 0.463 e. The number of carbonyl (C=O) groups is 3. The number of aliphatic hydroxyl groups is 1. The van der Waals surface area contributed by atoms with Gasteiger partial charge in [0.05, 0.1) is 18.6 Å². The highest BCUT2D eigenvalue weighted by Gasteiger charge is 2.26. The van der Waals surface area contributed by atoms with Gasteiger partial charge in [0.15, 0.2) is 0 Å². The predicted octanol–water partition coefficient (Wildman–Crippen LogP) is 4.22. The average molecular weight is 521 g/mol. The summed E-state index contributed by atoms with van der Waals surface area (Å²) in [6, 6.07) is 18.7. The molecule has 0 radical (unpaired) electrons. The molecule has 0 bridgehead atoms. The van der Waals surface area contributed by atoms with E-state index in [0.717, 1.165) is 17.5 Å². The van der Waals surface area contributed by atoms with Crippen LogP contribution in [0, 0.1) is 5.92 Å². The Morgan fingerprint density at radius 2 is 1.63 bits per heavy atom. The maximum Gasteiger partial charge on any atom is 0.305 e. The summed E-state index contributed by atoms with van der Waals surface area (Å²) in [5.41, 5.74) is 1.94. The van der Waals surface area contributed by atoms with E-state index in [1.807, 2.05) is 60.7 Å². The number of esters is 1. The lowest BCUT2D eigenvalue weighted by Crippen LogP contribution is -2.44. The van der Waals surface area contributed by atoms with Crippen LogP contribution in [0.1, 0.15) is 43.2 Å². The lowest BCUT2D eigenvalue weighted by molar-refractivity contribution is -0.145. The van der Waals surface area contributed by atoms with Crippen molar-refractivity contribution in [2.24, 2.45) is 5.92 Å². The van der Waals surface area contributed by atoms with Gasteiger partial charge in [0.2, 0.25) is 11.8 Å². The molecule has 2 aromatic rings. The van der Waals surface area contributed by atoms with Crippen LogP contribution < -0.4 is 5.32 Å². The third-order valence-electron chi connectivity index (χ3n) is 6.09. The number of amides is 2. The molecule has 0 aromatic heterocycles. The van der Waals surface area contributed by atoms with Crippen molar-refractivity contribution in [3.05, 3.63) is 97.1 Å². The van der Waals surface area contributed by atoms with Gasteiger partial charge in [-0.3, -0.25) is 14.4 Å². The molecular formula is C31H40N2O5. The standard InChI is InChI=1S/C31H40N2O5/c1-3-5-8-18-30(36)38-24-28(21-25-14-9-6-10-15-25)32-31(37)27(13-4-2)22-29(35)33(19-20-34)23-26-16-11-7-12-17-26/h3-4,6-7,9-12,14-17,27-28,34H,1-2,5,8,13,18-24H2,(H,32,37)/t27-,28+/m1/s1. The quantitative estimate of drug-likeness (QED) is 0.174. The molecule has 2 N–H and O–H groups in total. The molecule has 0 fully saturated rings. The second-order valence-corrected chi connectivity index (χ2v) is 9.21. The van der Waals surface area contributed by atoms with Crippen LogP contribution in [0.25, 0.3) is 0 Å². The minimum absolute atomic E-state index is 0.0237. The van der Waals surface area contributed by atoms with Crippen molar-refractivity contribution in [2.45, 2.75) is 51.1 Å². The SMILES string of the molecule is C=CCCCC(=O)OC[C@H](Cc1ccccc1)NC(=O)[C@H](CC=C)CC(=O)N(CCO)Cc1ccccc1. The number of aliphatic hydroxyl groups excluding tert-OH is 1. The van der Waals surface area contributed by atoms with Crippen molar-refractivity contribution >= 4 is 17.8 Å². The summed E-state index contributed by atoms with van der Waals surface area (Å²) in [5.74, 6) is -1.49. The number of hydrogen-bond acceptors (Lipinski definition) is 5. The number of carbonyl (C=O) groups excluding carboxylic acids is 3. The van der Waals surface area contributed by atoms with Crippen LogP contribution in [0.3, 0.4) is 0 Å². The van der Waals surface area contributed by atoms with Gasteiger partial charge >= 0.3 is 5.97 Å². The normalized spacial score (nSPS) is 12.1. The summed E-state index contributed by atoms with van der Waals surface area (Å²) in [6.45, 7) is 7.80. The first kappa shape index (κ1) is 30.5. The highest BCUT2D eigenvalue weighted by molar-refractivity contribution is 5.86. The van der Waals surface area contributed by atoms with Gasteiger partial charge in [0, 0.05) is 25.9 Å². The zero-order chi connectivity index (χ0) is 27.6. The maximum absolute atomic E-state index is 13.3. The molecule has 0 aliphatic heterocycles. The molecule has 7 nitrogen and oxygen atoms in total. The minimum atomic E-state index is -0.640. The van der Waals surface area contributed by atoms with Crippen molar-refractivity contribution in [1.29, 1.82) is 0 Å². The van der Waals surface area contributed by atoms with Crippen molar-refractivity contribution in [1.82, 2.24) is 10.2 Å². The highest BCUT2D eigenvalue weighted by Crippen LogP contribution is 2.16. The Bertz CT molecular complexity index is 1010. The Hall–Kier alpha value is -3.71. The molecule has 0 aliphatic carbocycles. The number of hydrogen-bond donors (Lipinski definition) is 2. The number of nitrogens with one attached hydrogen (secondary N) is 1. The number of rotatable bonds is 18. The van der Waals surface area contributed by atoms with E-state index in [1.54, 1.807) is 17.1 Å². The van der Waals surface area contributed by atoms with Crippen molar-refractivity contribution in [3.63, 3.8) is 0 Å². The molecule has 0 heterocycles. The van der Waals surface area contributed by atoms with Gasteiger partial charge in [-0.2, -0.15) is 0 Å². The zero-order valence-electron chi connectivity index (χ0n) is 22.1. The van der Waals surface area contributed by atoms with E-state index >= 15 is 0 Å². The molecule has 0 unspecified atom stereocenters. The lowest BCUT2D eigenvalue weighted by Gasteiger charge is -2.26.